The molecule has 2 unspecified atom stereocenters. The molecule has 0 aromatic heterocycles. The summed E-state index contributed by atoms with van der Waals surface area (Å²) in [6.07, 6.45) is 17.0. The molecule has 0 saturated heterocycles. The third-order valence-electron chi connectivity index (χ3n) is 6.83. The van der Waals surface area contributed by atoms with Gasteiger partial charge in [0.25, 0.3) is 0 Å². The number of rotatable bonds is 24. The van der Waals surface area contributed by atoms with Crippen LogP contribution in [0.3, 0.4) is 0 Å². The zero-order chi connectivity index (χ0) is 28.4. The smallest absolute Gasteiger partial charge is 0.220 e. The summed E-state index contributed by atoms with van der Waals surface area (Å²) in [5, 5.41) is 12.6. The van der Waals surface area contributed by atoms with Crippen LogP contribution in [0.4, 0.5) is 0 Å². The summed E-state index contributed by atoms with van der Waals surface area (Å²) >= 11 is 10.8. The van der Waals surface area contributed by atoms with Gasteiger partial charge >= 0.3 is 0 Å². The first-order valence-electron chi connectivity index (χ1n) is 15.4. The Kier molecular flexibility index (Phi) is 25.1. The van der Waals surface area contributed by atoms with Crippen molar-refractivity contribution in [2.24, 2.45) is 11.8 Å². The largest absolute Gasteiger partial charge is 0.374 e. The number of hydrogen-bond donors (Lipinski definition) is 4. The zero-order valence-corrected chi connectivity index (χ0v) is 26.6. The van der Waals surface area contributed by atoms with Crippen LogP contribution in [-0.2, 0) is 9.59 Å². The summed E-state index contributed by atoms with van der Waals surface area (Å²) in [7, 11) is 0. The van der Waals surface area contributed by atoms with Crippen LogP contribution in [0.5, 0.6) is 0 Å². The summed E-state index contributed by atoms with van der Waals surface area (Å²) in [4.78, 5) is 25.1. The zero-order valence-electron chi connectivity index (χ0n) is 24.9. The van der Waals surface area contributed by atoms with Crippen molar-refractivity contribution >= 4 is 46.2 Å². The Hall–Kier alpha value is -1.28. The second-order valence-corrected chi connectivity index (χ2v) is 11.8. The van der Waals surface area contributed by atoms with Crippen LogP contribution in [0.25, 0.3) is 0 Å². The number of carbonyl (C=O) groups is 2. The Bertz CT molecular complexity index is 592. The molecular weight excluding hydrogens is 512 g/mol. The molecule has 4 N–H and O–H groups in total. The van der Waals surface area contributed by atoms with E-state index in [1.54, 1.807) is 0 Å². The molecular formula is C30H58N4O2S2. The number of carbonyl (C=O) groups excluding carboxylic acids is 2. The van der Waals surface area contributed by atoms with Gasteiger partial charge in [0.15, 0.2) is 0 Å². The van der Waals surface area contributed by atoms with E-state index in [-0.39, 0.29) is 11.8 Å². The van der Waals surface area contributed by atoms with Gasteiger partial charge in [-0.1, -0.05) is 103 Å². The van der Waals surface area contributed by atoms with Gasteiger partial charge in [-0.25, -0.2) is 0 Å². The Morgan fingerprint density at radius 3 is 1.29 bits per heavy atom. The molecule has 0 aromatic carbocycles. The number of nitrogens with one attached hydrogen (secondary N) is 4. The highest BCUT2D eigenvalue weighted by atomic mass is 32.1. The van der Waals surface area contributed by atoms with E-state index in [0.29, 0.717) is 34.7 Å². The number of hydrogen-bond acceptors (Lipinski definition) is 4. The van der Waals surface area contributed by atoms with Gasteiger partial charge in [0.1, 0.15) is 9.98 Å². The molecule has 0 aromatic rings. The molecule has 6 nitrogen and oxygen atoms in total. The fourth-order valence-electron chi connectivity index (χ4n) is 4.20. The van der Waals surface area contributed by atoms with Crippen molar-refractivity contribution in [3.05, 3.63) is 0 Å². The van der Waals surface area contributed by atoms with Crippen molar-refractivity contribution in [3.8, 4) is 0 Å². The topological polar surface area (TPSA) is 82.3 Å². The van der Waals surface area contributed by atoms with E-state index >= 15 is 0 Å². The maximum absolute atomic E-state index is 12.0. The van der Waals surface area contributed by atoms with Gasteiger partial charge in [0.05, 0.1) is 0 Å². The Morgan fingerprint density at radius 2 is 0.921 bits per heavy atom. The molecule has 0 spiro atoms. The SMILES string of the molecule is CCCCCCCC(=O)NCC(C)CCCNC(=S)C(=S)NCCCC(C)CNC(=O)CCCCCCC. The molecule has 0 bridgehead atoms. The maximum Gasteiger partial charge on any atom is 0.220 e. The minimum absolute atomic E-state index is 0.177. The van der Waals surface area contributed by atoms with Crippen LogP contribution in [0.15, 0.2) is 0 Å². The molecule has 0 aliphatic heterocycles. The van der Waals surface area contributed by atoms with Crippen molar-refractivity contribution in [1.82, 2.24) is 21.3 Å². The van der Waals surface area contributed by atoms with E-state index in [2.05, 4.69) is 49.0 Å². The van der Waals surface area contributed by atoms with Crippen LogP contribution >= 0.6 is 24.4 Å². The molecule has 0 aliphatic carbocycles. The third kappa shape index (κ3) is 23.8. The molecule has 0 saturated carbocycles. The fraction of sp³-hybridized carbons (Fsp3) is 0.867. The lowest BCUT2D eigenvalue weighted by molar-refractivity contribution is -0.122. The quantitative estimate of drug-likeness (QED) is 0.0773. The first-order valence-corrected chi connectivity index (χ1v) is 16.2. The maximum atomic E-state index is 12.0. The molecule has 2 amide bonds. The average Bonchev–Trinajstić information content (AvgIpc) is 2.90. The average molecular weight is 571 g/mol. The number of unbranched alkanes of at least 4 members (excludes halogenated alkanes) is 8. The minimum atomic E-state index is 0.177. The normalized spacial score (nSPS) is 12.4. The van der Waals surface area contributed by atoms with Crippen LogP contribution in [-0.4, -0.2) is 48.0 Å². The van der Waals surface area contributed by atoms with Crippen LogP contribution in [0.2, 0.25) is 0 Å². The van der Waals surface area contributed by atoms with E-state index in [0.717, 1.165) is 77.5 Å². The van der Waals surface area contributed by atoms with Crippen LogP contribution in [0, 0.1) is 11.8 Å². The second-order valence-electron chi connectivity index (χ2n) is 10.9. The number of thiocarbonyl (C=S) groups is 2. The molecule has 222 valence electrons. The lowest BCUT2D eigenvalue weighted by Crippen LogP contribution is -2.38. The highest BCUT2D eigenvalue weighted by Gasteiger charge is 2.09. The van der Waals surface area contributed by atoms with Crippen LogP contribution < -0.4 is 21.3 Å². The van der Waals surface area contributed by atoms with E-state index in [9.17, 15) is 9.59 Å². The number of amides is 2. The molecule has 2 atom stereocenters. The Labute approximate surface area is 245 Å². The van der Waals surface area contributed by atoms with Crippen molar-refractivity contribution in [1.29, 1.82) is 0 Å². The standard InChI is InChI=1S/C30H58N4O2S2/c1-5-7-9-11-13-19-27(35)33-23-25(3)17-15-21-31-29(37)30(38)32-22-16-18-26(4)24-34-28(36)20-14-12-10-8-6-2/h25-26H,5-24H2,1-4H3,(H,31,37)(H,32,38)(H,33,35)(H,34,36). The van der Waals surface area contributed by atoms with Crippen LogP contribution in [0.1, 0.15) is 130 Å². The van der Waals surface area contributed by atoms with Gasteiger partial charge < -0.3 is 21.3 Å². The fourth-order valence-corrected chi connectivity index (χ4v) is 4.55. The van der Waals surface area contributed by atoms with Crippen molar-refractivity contribution in [2.45, 2.75) is 130 Å². The van der Waals surface area contributed by atoms with E-state index in [1.807, 2.05) is 0 Å². The molecule has 0 fully saturated rings. The lowest BCUT2D eigenvalue weighted by Gasteiger charge is -2.15. The van der Waals surface area contributed by atoms with Crippen molar-refractivity contribution < 1.29 is 9.59 Å². The molecule has 38 heavy (non-hydrogen) atoms. The molecule has 8 heteroatoms. The van der Waals surface area contributed by atoms with Crippen molar-refractivity contribution in [2.75, 3.05) is 26.2 Å². The predicted octanol–water partition coefficient (Wildman–Crippen LogP) is 6.61. The molecule has 0 heterocycles. The highest BCUT2D eigenvalue weighted by molar-refractivity contribution is 7.89. The molecule has 0 radical (unpaired) electrons. The second kappa shape index (κ2) is 26.0. The summed E-state index contributed by atoms with van der Waals surface area (Å²) < 4.78 is 0. The molecule has 0 rings (SSSR count). The van der Waals surface area contributed by atoms with E-state index in [1.165, 1.54) is 38.5 Å². The lowest BCUT2D eigenvalue weighted by atomic mass is 10.1. The highest BCUT2D eigenvalue weighted by Crippen LogP contribution is 2.08. The summed E-state index contributed by atoms with van der Waals surface area (Å²) in [5.74, 6) is 1.24. The van der Waals surface area contributed by atoms with Gasteiger partial charge in [-0.2, -0.15) is 0 Å². The van der Waals surface area contributed by atoms with Gasteiger partial charge in [-0.15, -0.1) is 0 Å². The minimum Gasteiger partial charge on any atom is -0.374 e. The molecule has 0 aliphatic rings. The Morgan fingerprint density at radius 1 is 0.553 bits per heavy atom. The van der Waals surface area contributed by atoms with Gasteiger partial charge in [0.2, 0.25) is 11.8 Å². The predicted molar refractivity (Wildman–Crippen MR) is 171 cm³/mol. The van der Waals surface area contributed by atoms with E-state index < -0.39 is 0 Å². The van der Waals surface area contributed by atoms with Gasteiger partial charge in [-0.3, -0.25) is 9.59 Å². The van der Waals surface area contributed by atoms with Gasteiger partial charge in [0, 0.05) is 39.0 Å². The monoisotopic (exact) mass is 570 g/mol. The van der Waals surface area contributed by atoms with Crippen molar-refractivity contribution in [3.63, 3.8) is 0 Å². The summed E-state index contributed by atoms with van der Waals surface area (Å²) in [6.45, 7) is 11.8. The first kappa shape index (κ1) is 36.7. The summed E-state index contributed by atoms with van der Waals surface area (Å²) in [5.41, 5.74) is 0. The van der Waals surface area contributed by atoms with Gasteiger partial charge in [-0.05, 0) is 50.4 Å². The van der Waals surface area contributed by atoms with E-state index in [4.69, 9.17) is 24.4 Å². The Balaban J connectivity index is 3.72. The summed E-state index contributed by atoms with van der Waals surface area (Å²) in [6, 6.07) is 0. The first-order chi connectivity index (χ1) is 18.3. The third-order valence-corrected chi connectivity index (χ3v) is 7.66.